The number of esters is 1. The van der Waals surface area contributed by atoms with Gasteiger partial charge >= 0.3 is 5.97 Å². The maximum Gasteiger partial charge on any atom is 0.340 e. The number of ether oxygens (including phenoxy) is 1. The SMILES string of the molecule is CCC1CCCN(c2nccc(C(=O)OC)c2N)CC1. The second-order valence-corrected chi connectivity index (χ2v) is 5.28. The van der Waals surface area contributed by atoms with Crippen LogP contribution < -0.4 is 10.6 Å². The molecule has 1 aromatic heterocycles. The molecule has 1 fully saturated rings. The van der Waals surface area contributed by atoms with Crippen molar-refractivity contribution in [1.29, 1.82) is 0 Å². The van der Waals surface area contributed by atoms with Crippen molar-refractivity contribution in [2.75, 3.05) is 30.8 Å². The third kappa shape index (κ3) is 3.03. The van der Waals surface area contributed by atoms with Crippen LogP contribution in [-0.2, 0) is 4.74 Å². The molecule has 0 aromatic carbocycles. The zero-order valence-electron chi connectivity index (χ0n) is 12.3. The van der Waals surface area contributed by atoms with Crippen LogP contribution in [0.4, 0.5) is 11.5 Å². The normalized spacial score (nSPS) is 19.5. The van der Waals surface area contributed by atoms with Gasteiger partial charge in [-0.05, 0) is 31.2 Å². The maximum absolute atomic E-state index is 11.7. The van der Waals surface area contributed by atoms with Crippen molar-refractivity contribution >= 4 is 17.5 Å². The van der Waals surface area contributed by atoms with Gasteiger partial charge in [-0.15, -0.1) is 0 Å². The minimum Gasteiger partial charge on any atom is -0.465 e. The molecule has 1 aliphatic rings. The summed E-state index contributed by atoms with van der Waals surface area (Å²) < 4.78 is 4.75. The molecule has 2 N–H and O–H groups in total. The Morgan fingerprint density at radius 1 is 1.50 bits per heavy atom. The van der Waals surface area contributed by atoms with Crippen molar-refractivity contribution < 1.29 is 9.53 Å². The molecule has 2 heterocycles. The summed E-state index contributed by atoms with van der Waals surface area (Å²) in [4.78, 5) is 18.2. The number of pyridine rings is 1. The minimum atomic E-state index is -0.410. The van der Waals surface area contributed by atoms with Crippen LogP contribution in [-0.4, -0.2) is 31.2 Å². The monoisotopic (exact) mass is 277 g/mol. The first kappa shape index (κ1) is 14.6. The van der Waals surface area contributed by atoms with E-state index in [9.17, 15) is 4.79 Å². The molecule has 1 aromatic rings. The predicted molar refractivity (Wildman–Crippen MR) is 79.8 cm³/mol. The Morgan fingerprint density at radius 3 is 3.00 bits per heavy atom. The Bertz CT molecular complexity index is 476. The molecule has 0 radical (unpaired) electrons. The van der Waals surface area contributed by atoms with Gasteiger partial charge in [0.2, 0.25) is 0 Å². The summed E-state index contributed by atoms with van der Waals surface area (Å²) in [5.41, 5.74) is 6.93. The van der Waals surface area contributed by atoms with E-state index >= 15 is 0 Å². The molecule has 0 amide bonds. The molecule has 0 saturated carbocycles. The van der Waals surface area contributed by atoms with Crippen molar-refractivity contribution in [3.63, 3.8) is 0 Å². The highest BCUT2D eigenvalue weighted by Gasteiger charge is 2.21. The summed E-state index contributed by atoms with van der Waals surface area (Å²) in [6, 6.07) is 1.61. The lowest BCUT2D eigenvalue weighted by atomic mass is 9.98. The summed E-state index contributed by atoms with van der Waals surface area (Å²) in [5.74, 6) is 1.09. The van der Waals surface area contributed by atoms with Crippen LogP contribution in [0.25, 0.3) is 0 Å². The van der Waals surface area contributed by atoms with Crippen LogP contribution >= 0.6 is 0 Å². The van der Waals surface area contributed by atoms with E-state index in [1.54, 1.807) is 12.3 Å². The van der Waals surface area contributed by atoms with Gasteiger partial charge in [-0.3, -0.25) is 0 Å². The fraction of sp³-hybridized carbons (Fsp3) is 0.600. The molecular weight excluding hydrogens is 254 g/mol. The smallest absolute Gasteiger partial charge is 0.340 e. The fourth-order valence-electron chi connectivity index (χ4n) is 2.79. The molecule has 0 spiro atoms. The zero-order valence-corrected chi connectivity index (χ0v) is 12.3. The molecule has 1 atom stereocenters. The van der Waals surface area contributed by atoms with Crippen molar-refractivity contribution in [2.24, 2.45) is 5.92 Å². The van der Waals surface area contributed by atoms with Crippen LogP contribution in [0.2, 0.25) is 0 Å². The van der Waals surface area contributed by atoms with Gasteiger partial charge in [0.1, 0.15) is 0 Å². The average molecular weight is 277 g/mol. The van der Waals surface area contributed by atoms with Crippen LogP contribution in [0.15, 0.2) is 12.3 Å². The van der Waals surface area contributed by atoms with E-state index in [1.165, 1.54) is 20.0 Å². The summed E-state index contributed by atoms with van der Waals surface area (Å²) >= 11 is 0. The molecule has 5 nitrogen and oxygen atoms in total. The van der Waals surface area contributed by atoms with E-state index in [4.69, 9.17) is 10.5 Å². The molecule has 20 heavy (non-hydrogen) atoms. The Balaban J connectivity index is 2.22. The lowest BCUT2D eigenvalue weighted by Gasteiger charge is -2.23. The van der Waals surface area contributed by atoms with Gasteiger partial charge in [0.15, 0.2) is 5.82 Å². The van der Waals surface area contributed by atoms with E-state index in [2.05, 4.69) is 16.8 Å². The van der Waals surface area contributed by atoms with E-state index in [1.807, 2.05) is 0 Å². The third-order valence-electron chi connectivity index (χ3n) is 4.10. The standard InChI is InChI=1S/C15H23N3O2/c1-3-11-5-4-9-18(10-7-11)14-13(16)12(6-8-17-14)15(19)20-2/h6,8,11H,3-5,7,9-10,16H2,1-2H3. The lowest BCUT2D eigenvalue weighted by Crippen LogP contribution is -2.27. The van der Waals surface area contributed by atoms with Crippen LogP contribution in [0.5, 0.6) is 0 Å². The van der Waals surface area contributed by atoms with Gasteiger partial charge in [-0.2, -0.15) is 0 Å². The minimum absolute atomic E-state index is 0.397. The van der Waals surface area contributed by atoms with E-state index in [0.717, 1.165) is 31.8 Å². The van der Waals surface area contributed by atoms with E-state index in [-0.39, 0.29) is 0 Å². The Labute approximate surface area is 120 Å². The number of nitrogens with two attached hydrogens (primary N) is 1. The van der Waals surface area contributed by atoms with Crippen molar-refractivity contribution in [3.8, 4) is 0 Å². The third-order valence-corrected chi connectivity index (χ3v) is 4.10. The fourth-order valence-corrected chi connectivity index (χ4v) is 2.79. The number of methoxy groups -OCH3 is 1. The van der Waals surface area contributed by atoms with Crippen LogP contribution in [0.1, 0.15) is 43.0 Å². The highest BCUT2D eigenvalue weighted by atomic mass is 16.5. The van der Waals surface area contributed by atoms with Crippen molar-refractivity contribution in [1.82, 2.24) is 4.98 Å². The van der Waals surface area contributed by atoms with Gasteiger partial charge in [-0.1, -0.05) is 13.3 Å². The molecule has 1 saturated heterocycles. The van der Waals surface area contributed by atoms with Gasteiger partial charge < -0.3 is 15.4 Å². The van der Waals surface area contributed by atoms with Crippen molar-refractivity contribution in [3.05, 3.63) is 17.8 Å². The van der Waals surface area contributed by atoms with Crippen LogP contribution in [0, 0.1) is 5.92 Å². The Morgan fingerprint density at radius 2 is 2.30 bits per heavy atom. The molecule has 110 valence electrons. The first-order valence-corrected chi connectivity index (χ1v) is 7.25. The number of carbonyl (C=O) groups excluding carboxylic acids is 1. The molecule has 5 heteroatoms. The number of carbonyl (C=O) groups is 1. The molecule has 1 aliphatic heterocycles. The van der Waals surface area contributed by atoms with Gasteiger partial charge in [0.25, 0.3) is 0 Å². The quantitative estimate of drug-likeness (QED) is 0.860. The number of anilines is 2. The zero-order chi connectivity index (χ0) is 14.5. The van der Waals surface area contributed by atoms with Crippen LogP contribution in [0.3, 0.4) is 0 Å². The highest BCUT2D eigenvalue weighted by molar-refractivity contribution is 5.97. The summed E-state index contributed by atoms with van der Waals surface area (Å²) in [6.45, 7) is 4.13. The summed E-state index contributed by atoms with van der Waals surface area (Å²) in [7, 11) is 1.36. The highest BCUT2D eigenvalue weighted by Crippen LogP contribution is 2.28. The molecule has 2 rings (SSSR count). The van der Waals surface area contributed by atoms with Gasteiger partial charge in [-0.25, -0.2) is 9.78 Å². The van der Waals surface area contributed by atoms with E-state index in [0.29, 0.717) is 17.1 Å². The number of nitrogens with zero attached hydrogens (tertiary/aromatic N) is 2. The topological polar surface area (TPSA) is 68.5 Å². The first-order valence-electron chi connectivity index (χ1n) is 7.25. The number of nitrogen functional groups attached to an aromatic ring is 1. The number of hydrogen-bond acceptors (Lipinski definition) is 5. The summed E-state index contributed by atoms with van der Waals surface area (Å²) in [5, 5.41) is 0. The average Bonchev–Trinajstić information content (AvgIpc) is 2.72. The second-order valence-electron chi connectivity index (χ2n) is 5.28. The number of rotatable bonds is 3. The Hall–Kier alpha value is -1.78. The molecule has 0 aliphatic carbocycles. The predicted octanol–water partition coefficient (Wildman–Crippen LogP) is 2.47. The maximum atomic E-state index is 11.7. The summed E-state index contributed by atoms with van der Waals surface area (Å²) in [6.07, 6.45) is 6.39. The number of hydrogen-bond donors (Lipinski definition) is 1. The van der Waals surface area contributed by atoms with Gasteiger partial charge in [0, 0.05) is 19.3 Å². The number of aromatic nitrogens is 1. The lowest BCUT2D eigenvalue weighted by molar-refractivity contribution is 0.0602. The Kier molecular flexibility index (Phi) is 4.82. The molecule has 0 bridgehead atoms. The second kappa shape index (κ2) is 6.59. The molecule has 1 unspecified atom stereocenters. The molecular formula is C15H23N3O2. The van der Waals surface area contributed by atoms with Crippen molar-refractivity contribution in [2.45, 2.75) is 32.6 Å². The first-order chi connectivity index (χ1) is 9.67. The van der Waals surface area contributed by atoms with Gasteiger partial charge in [0.05, 0.1) is 18.4 Å². The van der Waals surface area contributed by atoms with E-state index < -0.39 is 5.97 Å². The largest absolute Gasteiger partial charge is 0.465 e.